The summed E-state index contributed by atoms with van der Waals surface area (Å²) in [6.45, 7) is 7.09. The molecule has 1 unspecified atom stereocenters. The molecule has 1 aromatic heterocycles. The molecule has 0 aliphatic rings. The van der Waals surface area contributed by atoms with Crippen molar-refractivity contribution >= 4 is 5.97 Å². The Morgan fingerprint density at radius 2 is 1.73 bits per heavy atom. The molecule has 0 saturated heterocycles. The molecule has 30 heavy (non-hydrogen) atoms. The number of aromatic nitrogens is 2. The van der Waals surface area contributed by atoms with E-state index in [2.05, 4.69) is 30.7 Å². The van der Waals surface area contributed by atoms with Crippen molar-refractivity contribution in [2.75, 3.05) is 6.61 Å². The van der Waals surface area contributed by atoms with Crippen molar-refractivity contribution in [2.45, 2.75) is 78.6 Å². The van der Waals surface area contributed by atoms with Crippen molar-refractivity contribution in [1.82, 2.24) is 9.97 Å². The van der Waals surface area contributed by atoms with E-state index in [0.717, 1.165) is 24.8 Å². The molecule has 0 radical (unpaired) electrons. The summed E-state index contributed by atoms with van der Waals surface area (Å²) in [6, 6.07) is 7.47. The SMILES string of the molecule is CCCCCCCCCC(=O)Oc1ccccc1-c1ncncc1OCC(C)CC. The number of para-hydroxylation sites is 1. The molecule has 1 atom stereocenters. The third-order valence-corrected chi connectivity index (χ3v) is 5.25. The van der Waals surface area contributed by atoms with Crippen LogP contribution < -0.4 is 9.47 Å². The number of ether oxygens (including phenoxy) is 2. The lowest BCUT2D eigenvalue weighted by Crippen LogP contribution is -2.10. The van der Waals surface area contributed by atoms with E-state index in [0.29, 0.717) is 36.1 Å². The molecule has 0 N–H and O–H groups in total. The second-order valence-corrected chi connectivity index (χ2v) is 7.90. The highest BCUT2D eigenvalue weighted by molar-refractivity contribution is 5.78. The van der Waals surface area contributed by atoms with Crippen molar-refractivity contribution in [3.05, 3.63) is 36.8 Å². The third-order valence-electron chi connectivity index (χ3n) is 5.25. The Morgan fingerprint density at radius 1 is 1.00 bits per heavy atom. The fourth-order valence-corrected chi connectivity index (χ4v) is 3.13. The van der Waals surface area contributed by atoms with Crippen LogP contribution in [0.25, 0.3) is 11.3 Å². The normalized spacial score (nSPS) is 11.8. The third kappa shape index (κ3) is 8.13. The molecule has 0 fully saturated rings. The van der Waals surface area contributed by atoms with Gasteiger partial charge in [0.05, 0.1) is 12.8 Å². The van der Waals surface area contributed by atoms with Gasteiger partial charge in [0, 0.05) is 12.0 Å². The zero-order chi connectivity index (χ0) is 21.6. The first kappa shape index (κ1) is 23.8. The highest BCUT2D eigenvalue weighted by atomic mass is 16.5. The van der Waals surface area contributed by atoms with Crippen molar-refractivity contribution in [2.24, 2.45) is 5.92 Å². The van der Waals surface area contributed by atoms with Crippen LogP contribution in [0.2, 0.25) is 0 Å². The molecule has 0 bridgehead atoms. The van der Waals surface area contributed by atoms with E-state index in [4.69, 9.17) is 9.47 Å². The van der Waals surface area contributed by atoms with Gasteiger partial charge in [-0.3, -0.25) is 4.79 Å². The minimum Gasteiger partial charge on any atom is -0.489 e. The number of rotatable bonds is 14. The summed E-state index contributed by atoms with van der Waals surface area (Å²) in [5, 5.41) is 0. The standard InChI is InChI=1S/C25H36N2O3/c1-4-6-7-8-9-10-11-16-24(28)30-22-15-13-12-14-21(22)25-23(17-26-19-27-25)29-18-20(3)5-2/h12-15,17,19-20H,4-11,16,18H2,1-3H3. The van der Waals surface area contributed by atoms with Crippen LogP contribution in [0.3, 0.4) is 0 Å². The minimum absolute atomic E-state index is 0.202. The summed E-state index contributed by atoms with van der Waals surface area (Å²) in [7, 11) is 0. The predicted molar refractivity (Wildman–Crippen MR) is 121 cm³/mol. The smallest absolute Gasteiger partial charge is 0.311 e. The molecular formula is C25H36N2O3. The van der Waals surface area contributed by atoms with E-state index < -0.39 is 0 Å². The topological polar surface area (TPSA) is 61.3 Å². The molecule has 0 aliphatic heterocycles. The molecule has 2 rings (SSSR count). The number of carbonyl (C=O) groups excluding carboxylic acids is 1. The van der Waals surface area contributed by atoms with E-state index >= 15 is 0 Å². The largest absolute Gasteiger partial charge is 0.489 e. The van der Waals surface area contributed by atoms with Gasteiger partial charge in [0.2, 0.25) is 0 Å². The maximum absolute atomic E-state index is 12.4. The van der Waals surface area contributed by atoms with Crippen LogP contribution in [0.1, 0.15) is 78.6 Å². The fraction of sp³-hybridized carbons (Fsp3) is 0.560. The molecule has 0 amide bonds. The molecule has 0 saturated carbocycles. The Morgan fingerprint density at radius 3 is 2.50 bits per heavy atom. The van der Waals surface area contributed by atoms with Gasteiger partial charge in [-0.1, -0.05) is 77.8 Å². The predicted octanol–water partition coefficient (Wildman–Crippen LogP) is 6.61. The lowest BCUT2D eigenvalue weighted by atomic mass is 10.1. The molecule has 2 aromatic rings. The monoisotopic (exact) mass is 412 g/mol. The van der Waals surface area contributed by atoms with Crippen LogP contribution >= 0.6 is 0 Å². The number of nitrogens with zero attached hydrogens (tertiary/aromatic N) is 2. The number of hydrogen-bond donors (Lipinski definition) is 0. The molecule has 1 heterocycles. The maximum Gasteiger partial charge on any atom is 0.311 e. The van der Waals surface area contributed by atoms with Gasteiger partial charge in [-0.05, 0) is 24.5 Å². The quantitative estimate of drug-likeness (QED) is 0.198. The van der Waals surface area contributed by atoms with Crippen molar-refractivity contribution < 1.29 is 14.3 Å². The molecule has 164 valence electrons. The van der Waals surface area contributed by atoms with Gasteiger partial charge in [-0.15, -0.1) is 0 Å². The van der Waals surface area contributed by atoms with E-state index in [-0.39, 0.29) is 5.97 Å². The first-order chi connectivity index (χ1) is 14.7. The average Bonchev–Trinajstić information content (AvgIpc) is 2.77. The summed E-state index contributed by atoms with van der Waals surface area (Å²) in [4.78, 5) is 20.9. The minimum atomic E-state index is -0.202. The first-order valence-electron chi connectivity index (χ1n) is 11.4. The molecule has 5 nitrogen and oxygen atoms in total. The van der Waals surface area contributed by atoms with Crippen LogP contribution in [0.5, 0.6) is 11.5 Å². The first-order valence-corrected chi connectivity index (χ1v) is 11.4. The summed E-state index contributed by atoms with van der Waals surface area (Å²) in [6.07, 6.45) is 12.8. The Balaban J connectivity index is 1.97. The highest BCUT2D eigenvalue weighted by Gasteiger charge is 2.16. The lowest BCUT2D eigenvalue weighted by Gasteiger charge is -2.15. The van der Waals surface area contributed by atoms with Gasteiger partial charge in [0.1, 0.15) is 17.8 Å². The van der Waals surface area contributed by atoms with Gasteiger partial charge in [-0.25, -0.2) is 9.97 Å². The fourth-order valence-electron chi connectivity index (χ4n) is 3.13. The van der Waals surface area contributed by atoms with Crippen LogP contribution in [0, 0.1) is 5.92 Å². The molecular weight excluding hydrogens is 376 g/mol. The van der Waals surface area contributed by atoms with Crippen LogP contribution in [-0.2, 0) is 4.79 Å². The summed E-state index contributed by atoms with van der Waals surface area (Å²) >= 11 is 0. The molecule has 0 spiro atoms. The zero-order valence-corrected chi connectivity index (χ0v) is 18.7. The number of carbonyl (C=O) groups is 1. The summed E-state index contributed by atoms with van der Waals surface area (Å²) < 4.78 is 11.7. The molecule has 0 aliphatic carbocycles. The Labute approximate surface area is 181 Å². The summed E-state index contributed by atoms with van der Waals surface area (Å²) in [5.74, 6) is 1.35. The van der Waals surface area contributed by atoms with E-state index in [1.54, 1.807) is 12.3 Å². The van der Waals surface area contributed by atoms with Gasteiger partial charge >= 0.3 is 5.97 Å². The van der Waals surface area contributed by atoms with Gasteiger partial charge in [-0.2, -0.15) is 0 Å². The highest BCUT2D eigenvalue weighted by Crippen LogP contribution is 2.34. The Bertz CT molecular complexity index is 764. The van der Waals surface area contributed by atoms with E-state index in [1.165, 1.54) is 38.4 Å². The second-order valence-electron chi connectivity index (χ2n) is 7.90. The number of hydrogen-bond acceptors (Lipinski definition) is 5. The van der Waals surface area contributed by atoms with Gasteiger partial charge < -0.3 is 9.47 Å². The van der Waals surface area contributed by atoms with Crippen molar-refractivity contribution in [3.63, 3.8) is 0 Å². The van der Waals surface area contributed by atoms with Crippen LogP contribution in [0.4, 0.5) is 0 Å². The van der Waals surface area contributed by atoms with Gasteiger partial charge in [0.15, 0.2) is 5.75 Å². The number of benzene rings is 1. The Hall–Kier alpha value is -2.43. The summed E-state index contributed by atoms with van der Waals surface area (Å²) in [5.41, 5.74) is 1.39. The molecule has 5 heteroatoms. The molecule has 1 aromatic carbocycles. The van der Waals surface area contributed by atoms with E-state index in [9.17, 15) is 4.79 Å². The number of unbranched alkanes of at least 4 members (excludes halogenated alkanes) is 6. The number of esters is 1. The van der Waals surface area contributed by atoms with Crippen molar-refractivity contribution in [1.29, 1.82) is 0 Å². The lowest BCUT2D eigenvalue weighted by molar-refractivity contribution is -0.134. The zero-order valence-electron chi connectivity index (χ0n) is 18.7. The van der Waals surface area contributed by atoms with Crippen LogP contribution in [-0.4, -0.2) is 22.5 Å². The van der Waals surface area contributed by atoms with Crippen molar-refractivity contribution in [3.8, 4) is 22.8 Å². The maximum atomic E-state index is 12.4. The van der Waals surface area contributed by atoms with Gasteiger partial charge in [0.25, 0.3) is 0 Å². The van der Waals surface area contributed by atoms with E-state index in [1.807, 2.05) is 18.2 Å². The Kier molecular flexibility index (Phi) is 10.9. The second kappa shape index (κ2) is 13.7. The van der Waals surface area contributed by atoms with Crippen LogP contribution in [0.15, 0.2) is 36.8 Å². The average molecular weight is 413 g/mol.